The van der Waals surface area contributed by atoms with Crippen molar-refractivity contribution in [2.24, 2.45) is 0 Å². The number of benzene rings is 1. The molecule has 0 atom stereocenters. The number of rotatable bonds is 5. The third-order valence-corrected chi connectivity index (χ3v) is 4.99. The third-order valence-electron chi connectivity index (χ3n) is 3.51. The zero-order chi connectivity index (χ0) is 18.0. The van der Waals surface area contributed by atoms with E-state index < -0.39 is 0 Å². The van der Waals surface area contributed by atoms with Crippen LogP contribution >= 0.6 is 39.1 Å². The van der Waals surface area contributed by atoms with Crippen molar-refractivity contribution < 1.29 is 4.79 Å². The average molecular weight is 444 g/mol. The summed E-state index contributed by atoms with van der Waals surface area (Å²) in [6.45, 7) is 2.29. The molecule has 0 radical (unpaired) electrons. The van der Waals surface area contributed by atoms with Crippen LogP contribution < -0.4 is 5.32 Å². The quantitative estimate of drug-likeness (QED) is 0.654. The smallest absolute Gasteiger partial charge is 0.248 e. The lowest BCUT2D eigenvalue weighted by Gasteiger charge is -2.06. The zero-order valence-corrected chi connectivity index (χ0v) is 16.2. The Morgan fingerprint density at radius 3 is 2.68 bits per heavy atom. The van der Waals surface area contributed by atoms with Gasteiger partial charge in [-0.25, -0.2) is 9.67 Å². The van der Waals surface area contributed by atoms with Crippen molar-refractivity contribution in [1.82, 2.24) is 24.5 Å². The van der Waals surface area contributed by atoms with Gasteiger partial charge >= 0.3 is 0 Å². The fraction of sp³-hybridized carbons (Fsp3) is 0.200. The minimum absolute atomic E-state index is 0.0717. The molecule has 25 heavy (non-hydrogen) atoms. The van der Waals surface area contributed by atoms with Gasteiger partial charge in [-0.3, -0.25) is 14.8 Å². The number of carbonyl (C=O) groups is 1. The van der Waals surface area contributed by atoms with Crippen LogP contribution in [0.3, 0.4) is 0 Å². The SMILES string of the molecule is Cc1c(Br)cnn1CC(=O)Nc1ncn(Cc2c(Cl)cccc2Cl)n1. The highest BCUT2D eigenvalue weighted by molar-refractivity contribution is 9.10. The number of halogens is 3. The molecule has 0 aliphatic heterocycles. The molecule has 0 saturated heterocycles. The second-order valence-corrected chi connectivity index (χ2v) is 6.92. The first-order valence-electron chi connectivity index (χ1n) is 7.24. The number of aromatic nitrogens is 5. The molecule has 1 amide bonds. The number of amides is 1. The maximum Gasteiger partial charge on any atom is 0.248 e. The number of anilines is 1. The summed E-state index contributed by atoms with van der Waals surface area (Å²) >= 11 is 15.7. The summed E-state index contributed by atoms with van der Waals surface area (Å²) < 4.78 is 3.98. The topological polar surface area (TPSA) is 77.6 Å². The van der Waals surface area contributed by atoms with Crippen molar-refractivity contribution in [3.05, 3.63) is 56.5 Å². The molecule has 2 heterocycles. The molecule has 0 saturated carbocycles. The Morgan fingerprint density at radius 1 is 1.32 bits per heavy atom. The zero-order valence-electron chi connectivity index (χ0n) is 13.1. The molecule has 3 aromatic rings. The van der Waals surface area contributed by atoms with Crippen LogP contribution in [0.15, 0.2) is 35.2 Å². The Morgan fingerprint density at radius 2 is 2.04 bits per heavy atom. The second-order valence-electron chi connectivity index (χ2n) is 5.25. The highest BCUT2D eigenvalue weighted by atomic mass is 79.9. The minimum atomic E-state index is -0.271. The van der Waals surface area contributed by atoms with E-state index in [9.17, 15) is 4.79 Å². The van der Waals surface area contributed by atoms with Crippen LogP contribution in [0, 0.1) is 6.92 Å². The summed E-state index contributed by atoms with van der Waals surface area (Å²) in [5.74, 6) is -0.0655. The second kappa shape index (κ2) is 7.55. The predicted molar refractivity (Wildman–Crippen MR) is 98.9 cm³/mol. The summed E-state index contributed by atoms with van der Waals surface area (Å²) in [5.41, 5.74) is 1.60. The molecule has 0 aliphatic rings. The molecule has 0 fully saturated rings. The van der Waals surface area contributed by atoms with Gasteiger partial charge in [0.05, 0.1) is 22.9 Å². The Labute approximate surface area is 162 Å². The lowest BCUT2D eigenvalue weighted by atomic mass is 10.2. The first kappa shape index (κ1) is 17.9. The minimum Gasteiger partial charge on any atom is -0.292 e. The molecule has 1 N–H and O–H groups in total. The molecule has 10 heteroatoms. The van der Waals surface area contributed by atoms with Gasteiger partial charge in [-0.15, -0.1) is 5.10 Å². The van der Waals surface area contributed by atoms with E-state index in [1.165, 1.54) is 6.33 Å². The van der Waals surface area contributed by atoms with E-state index in [1.807, 2.05) is 6.92 Å². The van der Waals surface area contributed by atoms with Gasteiger partial charge in [-0.05, 0) is 35.0 Å². The van der Waals surface area contributed by atoms with E-state index in [0.29, 0.717) is 16.6 Å². The average Bonchev–Trinajstić information content (AvgIpc) is 3.12. The maximum absolute atomic E-state index is 12.1. The Balaban J connectivity index is 1.65. The van der Waals surface area contributed by atoms with Gasteiger partial charge in [0, 0.05) is 15.6 Å². The van der Waals surface area contributed by atoms with Crippen molar-refractivity contribution in [2.75, 3.05) is 5.32 Å². The largest absolute Gasteiger partial charge is 0.292 e. The Hall–Kier alpha value is -1.90. The van der Waals surface area contributed by atoms with E-state index in [4.69, 9.17) is 23.2 Å². The van der Waals surface area contributed by atoms with Crippen molar-refractivity contribution in [3.8, 4) is 0 Å². The van der Waals surface area contributed by atoms with Gasteiger partial charge < -0.3 is 0 Å². The van der Waals surface area contributed by atoms with Crippen LogP contribution in [0.4, 0.5) is 5.95 Å². The van der Waals surface area contributed by atoms with Gasteiger partial charge in [0.2, 0.25) is 11.9 Å². The molecule has 7 nitrogen and oxygen atoms in total. The number of hydrogen-bond acceptors (Lipinski definition) is 4. The van der Waals surface area contributed by atoms with E-state index in [0.717, 1.165) is 15.7 Å². The number of nitrogens with one attached hydrogen (secondary N) is 1. The van der Waals surface area contributed by atoms with E-state index in [2.05, 4.69) is 36.4 Å². The van der Waals surface area contributed by atoms with Gasteiger partial charge in [0.25, 0.3) is 0 Å². The van der Waals surface area contributed by atoms with Crippen molar-refractivity contribution >= 4 is 51.0 Å². The summed E-state index contributed by atoms with van der Waals surface area (Å²) in [4.78, 5) is 16.2. The number of carbonyl (C=O) groups excluding carboxylic acids is 1. The molecular weight excluding hydrogens is 431 g/mol. The summed E-state index contributed by atoms with van der Waals surface area (Å²) in [5, 5.41) is 12.1. The number of nitrogens with zero attached hydrogens (tertiary/aromatic N) is 5. The van der Waals surface area contributed by atoms with E-state index >= 15 is 0 Å². The van der Waals surface area contributed by atoms with E-state index in [1.54, 1.807) is 33.8 Å². The highest BCUT2D eigenvalue weighted by Gasteiger charge is 2.12. The van der Waals surface area contributed by atoms with Crippen LogP contribution in [0.2, 0.25) is 10.0 Å². The molecular formula is C15H13BrCl2N6O. The van der Waals surface area contributed by atoms with Gasteiger partial charge in [-0.2, -0.15) is 5.10 Å². The maximum atomic E-state index is 12.1. The summed E-state index contributed by atoms with van der Waals surface area (Å²) in [6, 6.07) is 5.29. The normalized spacial score (nSPS) is 10.9. The molecule has 0 unspecified atom stereocenters. The van der Waals surface area contributed by atoms with Crippen molar-refractivity contribution in [2.45, 2.75) is 20.0 Å². The molecule has 1 aromatic carbocycles. The monoisotopic (exact) mass is 442 g/mol. The third kappa shape index (κ3) is 4.20. The van der Waals surface area contributed by atoms with Crippen LogP contribution in [0.1, 0.15) is 11.3 Å². The Bertz CT molecular complexity index is 902. The number of hydrogen-bond donors (Lipinski definition) is 1. The fourth-order valence-electron chi connectivity index (χ4n) is 2.16. The van der Waals surface area contributed by atoms with Gasteiger partial charge in [0.1, 0.15) is 12.9 Å². The van der Waals surface area contributed by atoms with Gasteiger partial charge in [0.15, 0.2) is 0 Å². The first-order chi connectivity index (χ1) is 11.9. The fourth-order valence-corrected chi connectivity index (χ4v) is 2.97. The summed E-state index contributed by atoms with van der Waals surface area (Å²) in [6.07, 6.45) is 3.15. The first-order valence-corrected chi connectivity index (χ1v) is 8.79. The Kier molecular flexibility index (Phi) is 5.41. The molecule has 0 spiro atoms. The van der Waals surface area contributed by atoms with Crippen LogP contribution in [-0.4, -0.2) is 30.5 Å². The lowest BCUT2D eigenvalue weighted by Crippen LogP contribution is -2.21. The highest BCUT2D eigenvalue weighted by Crippen LogP contribution is 2.24. The van der Waals surface area contributed by atoms with Crippen LogP contribution in [0.5, 0.6) is 0 Å². The van der Waals surface area contributed by atoms with Gasteiger partial charge in [-0.1, -0.05) is 29.3 Å². The molecule has 0 bridgehead atoms. The molecule has 3 rings (SSSR count). The summed E-state index contributed by atoms with van der Waals surface area (Å²) in [7, 11) is 0. The molecule has 2 aromatic heterocycles. The predicted octanol–water partition coefficient (Wildman–Crippen LogP) is 3.54. The molecule has 130 valence electrons. The molecule has 0 aliphatic carbocycles. The van der Waals surface area contributed by atoms with Crippen LogP contribution in [-0.2, 0) is 17.9 Å². The van der Waals surface area contributed by atoms with E-state index in [-0.39, 0.29) is 18.4 Å². The lowest BCUT2D eigenvalue weighted by molar-refractivity contribution is -0.117. The van der Waals surface area contributed by atoms with Crippen LogP contribution in [0.25, 0.3) is 0 Å². The van der Waals surface area contributed by atoms with Crippen molar-refractivity contribution in [1.29, 1.82) is 0 Å². The standard InChI is InChI=1S/C15H13BrCl2N6O/c1-9-11(16)5-20-24(9)7-14(25)21-15-19-8-23(22-15)6-10-12(17)3-2-4-13(10)18/h2-5,8H,6-7H2,1H3,(H,21,22,25). The van der Waals surface area contributed by atoms with Crippen molar-refractivity contribution in [3.63, 3.8) is 0 Å².